The van der Waals surface area contributed by atoms with Crippen molar-refractivity contribution in [2.75, 3.05) is 13.7 Å². The first kappa shape index (κ1) is 17.5. The van der Waals surface area contributed by atoms with Crippen molar-refractivity contribution in [3.63, 3.8) is 0 Å². The van der Waals surface area contributed by atoms with Crippen LogP contribution in [0.25, 0.3) is 0 Å². The van der Waals surface area contributed by atoms with E-state index >= 15 is 0 Å². The largest absolute Gasteiger partial charge is 0.483 e. The number of esters is 1. The van der Waals surface area contributed by atoms with Crippen LogP contribution >= 0.6 is 0 Å². The van der Waals surface area contributed by atoms with Gasteiger partial charge in [0.15, 0.2) is 0 Å². The summed E-state index contributed by atoms with van der Waals surface area (Å²) in [6.07, 6.45) is 3.07. The third kappa shape index (κ3) is 3.98. The number of allylic oxidation sites excluding steroid dienone is 1. The van der Waals surface area contributed by atoms with Gasteiger partial charge in [0.25, 0.3) is 0 Å². The van der Waals surface area contributed by atoms with Crippen LogP contribution in [-0.2, 0) is 14.3 Å². The highest BCUT2D eigenvalue weighted by Crippen LogP contribution is 2.39. The highest BCUT2D eigenvalue weighted by atomic mass is 16.6. The molecule has 0 atom stereocenters. The van der Waals surface area contributed by atoms with Crippen LogP contribution < -0.4 is 0 Å². The lowest BCUT2D eigenvalue weighted by atomic mass is 9.78. The zero-order valence-corrected chi connectivity index (χ0v) is 13.9. The third-order valence-corrected chi connectivity index (χ3v) is 4.09. The van der Waals surface area contributed by atoms with Crippen molar-refractivity contribution in [1.82, 2.24) is 4.90 Å². The van der Waals surface area contributed by atoms with E-state index < -0.39 is 5.97 Å². The highest BCUT2D eigenvalue weighted by molar-refractivity contribution is 5.86. The summed E-state index contributed by atoms with van der Waals surface area (Å²) < 4.78 is 10.6. The molecule has 5 nitrogen and oxygen atoms in total. The number of carbonyl (C=O) groups excluding carboxylic acids is 1. The number of piperidine rings is 1. The van der Waals surface area contributed by atoms with Gasteiger partial charge in [-0.05, 0) is 40.7 Å². The maximum absolute atomic E-state index is 11.6. The molecule has 1 rings (SSSR count). The Morgan fingerprint density at radius 2 is 1.86 bits per heavy atom. The van der Waals surface area contributed by atoms with Gasteiger partial charge in [-0.3, -0.25) is 4.90 Å². The molecular formula is C16H26N2O3. The van der Waals surface area contributed by atoms with E-state index in [9.17, 15) is 4.79 Å². The van der Waals surface area contributed by atoms with Crippen molar-refractivity contribution in [2.45, 2.75) is 64.6 Å². The number of methoxy groups -OCH3 is 1. The summed E-state index contributed by atoms with van der Waals surface area (Å²) in [4.78, 5) is 13.8. The molecular weight excluding hydrogens is 268 g/mol. The Morgan fingerprint density at radius 1 is 1.33 bits per heavy atom. The molecule has 0 aromatic carbocycles. The standard InChI is InChI=1S/C16H26N2O3/c1-7-13(14(19)20-6)21-12-10-15(2,3)18(9-8-17)16(4,5)11-12/h7,12H,9-11H2,1-6H3. The first-order valence-corrected chi connectivity index (χ1v) is 7.24. The molecule has 0 saturated carbocycles. The minimum absolute atomic E-state index is 0.0738. The van der Waals surface area contributed by atoms with E-state index in [1.165, 1.54) is 7.11 Å². The molecule has 1 fully saturated rings. The van der Waals surface area contributed by atoms with E-state index in [2.05, 4.69) is 38.7 Å². The second kappa shape index (κ2) is 6.48. The minimum atomic E-state index is -0.451. The second-order valence-electron chi connectivity index (χ2n) is 6.66. The number of nitriles is 1. The lowest BCUT2D eigenvalue weighted by molar-refractivity contribution is -0.144. The summed E-state index contributed by atoms with van der Waals surface area (Å²) >= 11 is 0. The first-order valence-electron chi connectivity index (χ1n) is 7.24. The van der Waals surface area contributed by atoms with Gasteiger partial charge in [0.2, 0.25) is 5.76 Å². The molecule has 0 aromatic heterocycles. The van der Waals surface area contributed by atoms with Gasteiger partial charge in [0.1, 0.15) is 6.10 Å². The van der Waals surface area contributed by atoms with Gasteiger partial charge in [0, 0.05) is 23.9 Å². The Kier molecular flexibility index (Phi) is 5.41. The molecule has 0 aromatic rings. The number of hydrogen-bond acceptors (Lipinski definition) is 5. The van der Waals surface area contributed by atoms with Crippen LogP contribution in [0.3, 0.4) is 0 Å². The van der Waals surface area contributed by atoms with E-state index in [1.807, 2.05) is 0 Å². The SMILES string of the molecule is CC=C(OC1CC(C)(C)N(CC#N)C(C)(C)C1)C(=O)OC. The molecule has 0 aliphatic carbocycles. The first-order chi connectivity index (χ1) is 9.67. The smallest absolute Gasteiger partial charge is 0.372 e. The summed E-state index contributed by atoms with van der Waals surface area (Å²) in [5.41, 5.74) is -0.339. The van der Waals surface area contributed by atoms with Crippen LogP contribution in [0.2, 0.25) is 0 Å². The normalized spacial score (nSPS) is 22.4. The predicted octanol–water partition coefficient (Wildman–Crippen LogP) is 2.62. The van der Waals surface area contributed by atoms with Crippen molar-refractivity contribution in [3.05, 3.63) is 11.8 Å². The molecule has 5 heteroatoms. The quantitative estimate of drug-likeness (QED) is 0.345. The average Bonchev–Trinajstić information content (AvgIpc) is 2.38. The highest BCUT2D eigenvalue weighted by Gasteiger charge is 2.46. The Morgan fingerprint density at radius 3 is 2.24 bits per heavy atom. The number of carbonyl (C=O) groups is 1. The van der Waals surface area contributed by atoms with E-state index in [4.69, 9.17) is 14.7 Å². The third-order valence-electron chi connectivity index (χ3n) is 4.09. The van der Waals surface area contributed by atoms with Crippen LogP contribution in [0, 0.1) is 11.3 Å². The molecule has 0 bridgehead atoms. The molecule has 0 N–H and O–H groups in total. The fraction of sp³-hybridized carbons (Fsp3) is 0.750. The number of hydrogen-bond donors (Lipinski definition) is 0. The number of nitrogens with zero attached hydrogens (tertiary/aromatic N) is 2. The molecule has 1 heterocycles. The van der Waals surface area contributed by atoms with Crippen LogP contribution in [-0.4, -0.2) is 41.7 Å². The van der Waals surface area contributed by atoms with Crippen LogP contribution in [0.4, 0.5) is 0 Å². The molecule has 1 aliphatic rings. The summed E-state index contributed by atoms with van der Waals surface area (Å²) in [6.45, 7) is 10.6. The minimum Gasteiger partial charge on any atom is -0.483 e. The van der Waals surface area contributed by atoms with Crippen molar-refractivity contribution in [2.24, 2.45) is 0 Å². The van der Waals surface area contributed by atoms with Crippen molar-refractivity contribution >= 4 is 5.97 Å². The Balaban J connectivity index is 2.91. The topological polar surface area (TPSA) is 62.6 Å². The maximum Gasteiger partial charge on any atom is 0.372 e. The fourth-order valence-corrected chi connectivity index (χ4v) is 3.32. The summed E-state index contributed by atoms with van der Waals surface area (Å²) in [7, 11) is 1.35. The Bertz CT molecular complexity index is 443. The van der Waals surface area contributed by atoms with Gasteiger partial charge in [-0.1, -0.05) is 0 Å². The second-order valence-corrected chi connectivity index (χ2v) is 6.66. The number of ether oxygens (including phenoxy) is 2. The average molecular weight is 294 g/mol. The van der Waals surface area contributed by atoms with Crippen LogP contribution in [0.1, 0.15) is 47.5 Å². The van der Waals surface area contributed by atoms with Crippen molar-refractivity contribution in [3.8, 4) is 6.07 Å². The summed E-state index contributed by atoms with van der Waals surface area (Å²) in [6, 6.07) is 2.24. The van der Waals surface area contributed by atoms with Gasteiger partial charge in [-0.15, -0.1) is 0 Å². The molecule has 118 valence electrons. The van der Waals surface area contributed by atoms with Gasteiger partial charge >= 0.3 is 5.97 Å². The van der Waals surface area contributed by atoms with Gasteiger partial charge in [0.05, 0.1) is 19.7 Å². The number of likely N-dealkylation sites (tertiary alicyclic amines) is 1. The maximum atomic E-state index is 11.6. The summed E-state index contributed by atoms with van der Waals surface area (Å²) in [5.74, 6) is -0.199. The predicted molar refractivity (Wildman–Crippen MR) is 80.4 cm³/mol. The van der Waals surface area contributed by atoms with E-state index in [0.29, 0.717) is 6.54 Å². The lowest BCUT2D eigenvalue weighted by Crippen LogP contribution is -2.62. The fourth-order valence-electron chi connectivity index (χ4n) is 3.32. The van der Waals surface area contributed by atoms with Crippen molar-refractivity contribution in [1.29, 1.82) is 5.26 Å². The number of rotatable bonds is 4. The molecule has 0 radical (unpaired) electrons. The molecule has 0 spiro atoms. The molecule has 0 amide bonds. The van der Waals surface area contributed by atoms with Crippen molar-refractivity contribution < 1.29 is 14.3 Å². The van der Waals surface area contributed by atoms with Gasteiger partial charge in [-0.2, -0.15) is 5.26 Å². The zero-order valence-electron chi connectivity index (χ0n) is 13.9. The summed E-state index contributed by atoms with van der Waals surface area (Å²) in [5, 5.41) is 9.04. The Labute approximate surface area is 127 Å². The molecule has 1 aliphatic heterocycles. The monoisotopic (exact) mass is 294 g/mol. The van der Waals surface area contributed by atoms with E-state index in [-0.39, 0.29) is 22.9 Å². The Hall–Kier alpha value is -1.54. The van der Waals surface area contributed by atoms with Gasteiger partial charge < -0.3 is 9.47 Å². The molecule has 1 saturated heterocycles. The van der Waals surface area contributed by atoms with Gasteiger partial charge in [-0.25, -0.2) is 4.79 Å². The van der Waals surface area contributed by atoms with E-state index in [1.54, 1.807) is 13.0 Å². The van der Waals surface area contributed by atoms with Crippen LogP contribution in [0.5, 0.6) is 0 Å². The molecule has 0 unspecified atom stereocenters. The lowest BCUT2D eigenvalue weighted by Gasteiger charge is -2.54. The van der Waals surface area contributed by atoms with E-state index in [0.717, 1.165) is 12.8 Å². The zero-order chi connectivity index (χ0) is 16.3. The molecule has 21 heavy (non-hydrogen) atoms. The van der Waals surface area contributed by atoms with Crippen LogP contribution in [0.15, 0.2) is 11.8 Å².